The predicted octanol–water partition coefficient (Wildman–Crippen LogP) is 5.69. The maximum absolute atomic E-state index is 13.5. The molecule has 1 saturated heterocycles. The van der Waals surface area contributed by atoms with Crippen molar-refractivity contribution in [3.05, 3.63) is 100 Å². The van der Waals surface area contributed by atoms with Crippen LogP contribution in [0.4, 0.5) is 8.78 Å². The molecule has 2 N–H and O–H groups in total. The highest BCUT2D eigenvalue weighted by Gasteiger charge is 2.42. The van der Waals surface area contributed by atoms with Crippen LogP contribution in [0.3, 0.4) is 0 Å². The first-order valence-corrected chi connectivity index (χ1v) is 10.6. The van der Waals surface area contributed by atoms with E-state index in [1.165, 1.54) is 22.8 Å². The molecule has 0 amide bonds. The topological polar surface area (TPSA) is 51.4 Å². The number of piperidine rings is 1. The summed E-state index contributed by atoms with van der Waals surface area (Å²) in [5.41, 5.74) is 11.2. The van der Waals surface area contributed by atoms with Crippen LogP contribution in [0, 0.1) is 11.6 Å². The van der Waals surface area contributed by atoms with Gasteiger partial charge in [-0.2, -0.15) is 0 Å². The fourth-order valence-electron chi connectivity index (χ4n) is 4.73. The Hall–Kier alpha value is -1.80. The first kappa shape index (κ1) is 28.4. The molecule has 3 aromatic rings. The molecule has 0 radical (unpaired) electrons. The van der Waals surface area contributed by atoms with Gasteiger partial charge in [-0.1, -0.05) is 30.3 Å². The molecule has 1 fully saturated rings. The van der Waals surface area contributed by atoms with Gasteiger partial charge in [0.2, 0.25) is 0 Å². The van der Waals surface area contributed by atoms with E-state index in [4.69, 9.17) is 10.5 Å². The van der Waals surface area contributed by atoms with E-state index in [1.54, 1.807) is 0 Å². The second-order valence-electron chi connectivity index (χ2n) is 8.48. The molecule has 34 heavy (non-hydrogen) atoms. The third-order valence-corrected chi connectivity index (χ3v) is 6.62. The van der Waals surface area contributed by atoms with Crippen LogP contribution >= 0.6 is 37.2 Å². The van der Waals surface area contributed by atoms with Gasteiger partial charge < -0.3 is 10.5 Å². The van der Waals surface area contributed by atoms with Crippen molar-refractivity contribution in [3.8, 4) is 0 Å². The summed E-state index contributed by atoms with van der Waals surface area (Å²) < 4.78 is 32.9. The van der Waals surface area contributed by atoms with Gasteiger partial charge in [0.15, 0.2) is 11.6 Å². The molecule has 0 aliphatic carbocycles. The fraction of sp³-hybridized carbons (Fsp3) is 0.320. The van der Waals surface area contributed by atoms with Crippen LogP contribution in [0.5, 0.6) is 0 Å². The van der Waals surface area contributed by atoms with Crippen molar-refractivity contribution in [1.82, 2.24) is 9.88 Å². The second-order valence-corrected chi connectivity index (χ2v) is 8.48. The largest absolute Gasteiger partial charge is 0.365 e. The summed E-state index contributed by atoms with van der Waals surface area (Å²) >= 11 is 0. The van der Waals surface area contributed by atoms with Crippen LogP contribution < -0.4 is 5.73 Å². The van der Waals surface area contributed by atoms with E-state index in [-0.39, 0.29) is 42.8 Å². The first-order chi connectivity index (χ1) is 15.0. The third kappa shape index (κ3) is 5.54. The van der Waals surface area contributed by atoms with E-state index in [1.807, 2.05) is 24.5 Å². The monoisotopic (exact) mass is 529 g/mol. The Morgan fingerprint density at radius 2 is 1.62 bits per heavy atom. The van der Waals surface area contributed by atoms with Crippen LogP contribution in [-0.4, -0.2) is 23.0 Å². The van der Waals surface area contributed by atoms with Gasteiger partial charge in [0.1, 0.15) is 0 Å². The minimum Gasteiger partial charge on any atom is -0.365 e. The summed E-state index contributed by atoms with van der Waals surface area (Å²) in [6.45, 7) is 3.46. The zero-order valence-electron chi connectivity index (χ0n) is 18.5. The molecule has 0 saturated carbocycles. The molecule has 2 aliphatic rings. The highest BCUT2D eigenvalue weighted by molar-refractivity contribution is 5.86. The number of nitrogens with two attached hydrogens (primary N) is 1. The Labute approximate surface area is 217 Å². The van der Waals surface area contributed by atoms with Gasteiger partial charge in [0, 0.05) is 37.6 Å². The van der Waals surface area contributed by atoms with Gasteiger partial charge in [-0.05, 0) is 53.3 Å². The Morgan fingerprint density at radius 3 is 2.29 bits per heavy atom. The van der Waals surface area contributed by atoms with Crippen LogP contribution in [0.1, 0.15) is 46.7 Å². The second kappa shape index (κ2) is 11.8. The molecule has 3 heterocycles. The van der Waals surface area contributed by atoms with Crippen molar-refractivity contribution in [2.75, 3.05) is 13.1 Å². The van der Waals surface area contributed by atoms with E-state index >= 15 is 0 Å². The number of aromatic nitrogens is 1. The van der Waals surface area contributed by atoms with Crippen molar-refractivity contribution < 1.29 is 13.5 Å². The lowest BCUT2D eigenvalue weighted by Gasteiger charge is -2.39. The highest BCUT2D eigenvalue weighted by atomic mass is 35.5. The number of halogens is 5. The number of pyridine rings is 1. The number of benzene rings is 2. The molecule has 9 heteroatoms. The van der Waals surface area contributed by atoms with Crippen molar-refractivity contribution in [2.45, 2.75) is 37.6 Å². The third-order valence-electron chi connectivity index (χ3n) is 6.62. The molecule has 4 nitrogen and oxygen atoms in total. The summed E-state index contributed by atoms with van der Waals surface area (Å²) in [5, 5.41) is 0. The molecule has 1 aromatic heterocycles. The van der Waals surface area contributed by atoms with Gasteiger partial charge in [0.05, 0.1) is 18.2 Å². The summed E-state index contributed by atoms with van der Waals surface area (Å²) in [6.07, 6.45) is 5.72. The van der Waals surface area contributed by atoms with Gasteiger partial charge in [0.25, 0.3) is 0 Å². The van der Waals surface area contributed by atoms with Crippen LogP contribution in [0.25, 0.3) is 0 Å². The average molecular weight is 531 g/mol. The minimum absolute atomic E-state index is 0. The van der Waals surface area contributed by atoms with Gasteiger partial charge >= 0.3 is 0 Å². The number of nitrogens with zero attached hydrogens (tertiary/aromatic N) is 2. The summed E-state index contributed by atoms with van der Waals surface area (Å²) in [5.74, 6) is -1.74. The van der Waals surface area contributed by atoms with E-state index < -0.39 is 17.7 Å². The molecule has 2 aromatic carbocycles. The zero-order chi connectivity index (χ0) is 21.4. The number of likely N-dealkylation sites (tertiary alicyclic amines) is 1. The average Bonchev–Trinajstić information content (AvgIpc) is 3.16. The molecule has 1 unspecified atom stereocenters. The van der Waals surface area contributed by atoms with Crippen LogP contribution in [-0.2, 0) is 23.5 Å². The molecule has 5 rings (SSSR count). The van der Waals surface area contributed by atoms with Crippen LogP contribution in [0.2, 0.25) is 0 Å². The van der Waals surface area contributed by atoms with E-state index in [9.17, 15) is 8.78 Å². The van der Waals surface area contributed by atoms with Crippen molar-refractivity contribution in [2.24, 2.45) is 5.73 Å². The predicted molar refractivity (Wildman–Crippen MR) is 136 cm³/mol. The maximum atomic E-state index is 13.5. The first-order valence-electron chi connectivity index (χ1n) is 10.6. The number of fused-ring (bicyclic) bond motifs is 2. The smallest absolute Gasteiger partial charge is 0.159 e. The van der Waals surface area contributed by atoms with E-state index in [2.05, 4.69) is 28.1 Å². The highest BCUT2D eigenvalue weighted by Crippen LogP contribution is 2.43. The molecular weight excluding hydrogens is 503 g/mol. The maximum Gasteiger partial charge on any atom is 0.159 e. The molecule has 1 atom stereocenters. The molecule has 184 valence electrons. The summed E-state index contributed by atoms with van der Waals surface area (Å²) in [7, 11) is 0. The summed E-state index contributed by atoms with van der Waals surface area (Å²) in [4.78, 5) is 6.74. The Balaban J connectivity index is 0.00000136. The Kier molecular flexibility index (Phi) is 9.83. The lowest BCUT2D eigenvalue weighted by molar-refractivity contribution is -0.0800. The van der Waals surface area contributed by atoms with Crippen molar-refractivity contribution >= 4 is 37.2 Å². The van der Waals surface area contributed by atoms with E-state index in [0.29, 0.717) is 12.2 Å². The van der Waals surface area contributed by atoms with Crippen LogP contribution in [0.15, 0.2) is 60.9 Å². The number of hydrogen-bond acceptors (Lipinski definition) is 4. The van der Waals surface area contributed by atoms with Crippen molar-refractivity contribution in [3.63, 3.8) is 0 Å². The van der Waals surface area contributed by atoms with Gasteiger partial charge in [-0.3, -0.25) is 9.88 Å². The van der Waals surface area contributed by atoms with Crippen molar-refractivity contribution in [1.29, 1.82) is 0 Å². The number of hydrogen-bond donors (Lipinski definition) is 1. The zero-order valence-corrected chi connectivity index (χ0v) is 20.9. The SMILES string of the molecule is Cl.Cl.Cl.NC(c1ccc(CN2CCC3(CC2)OCc2ccncc23)cc1)c1ccc(F)c(F)c1. The number of rotatable bonds is 4. The minimum atomic E-state index is -0.878. The lowest BCUT2D eigenvalue weighted by Crippen LogP contribution is -2.42. The summed E-state index contributed by atoms with van der Waals surface area (Å²) in [6, 6.07) is 13.4. The Morgan fingerprint density at radius 1 is 0.941 bits per heavy atom. The standard InChI is InChI=1S/C25H25F2N3O.3ClH/c26-22-6-5-19(13-23(22)27)24(28)18-3-1-17(2-4-18)15-30-11-8-25(9-12-30)21-14-29-10-7-20(21)16-31-25;;;/h1-7,10,13-14,24H,8-9,11-12,15-16,28H2;3*1H. The van der Waals surface area contributed by atoms with Gasteiger partial charge in [-0.15, -0.1) is 37.2 Å². The normalized spacial score (nSPS) is 17.1. The quantitative estimate of drug-likeness (QED) is 0.470. The van der Waals surface area contributed by atoms with E-state index in [0.717, 1.165) is 50.2 Å². The molecule has 0 bridgehead atoms. The van der Waals surface area contributed by atoms with Gasteiger partial charge in [-0.25, -0.2) is 8.78 Å². The number of ether oxygens (including phenoxy) is 1. The molecule has 1 spiro atoms. The molecular formula is C25H28Cl3F2N3O. The Bertz CT molecular complexity index is 1090. The fourth-order valence-corrected chi connectivity index (χ4v) is 4.73. The lowest BCUT2D eigenvalue weighted by atomic mass is 9.84. The molecule has 2 aliphatic heterocycles.